The zero-order valence-electron chi connectivity index (χ0n) is 10.3. The number of nitrogens with zero attached hydrogens (tertiary/aromatic N) is 2. The molecule has 1 atom stereocenters. The molecule has 0 spiro atoms. The van der Waals surface area contributed by atoms with E-state index < -0.39 is 0 Å². The minimum absolute atomic E-state index is 0.129. The standard InChI is InChI=1S/C12H20N4O/c1-2-12(5-3-6-14-12)11(17)13-8-10-16-9-4-7-15-16/h4,7,9,14H,2-3,5-6,8,10H2,1H3,(H,13,17). The first kappa shape index (κ1) is 12.1. The molecule has 5 nitrogen and oxygen atoms in total. The fraction of sp³-hybridized carbons (Fsp3) is 0.667. The first-order chi connectivity index (χ1) is 8.27. The van der Waals surface area contributed by atoms with Gasteiger partial charge < -0.3 is 10.6 Å². The minimum atomic E-state index is -0.329. The van der Waals surface area contributed by atoms with E-state index in [0.29, 0.717) is 6.54 Å². The zero-order valence-corrected chi connectivity index (χ0v) is 10.3. The Hall–Kier alpha value is -1.36. The molecular weight excluding hydrogens is 216 g/mol. The van der Waals surface area contributed by atoms with Gasteiger partial charge in [-0.25, -0.2) is 0 Å². The molecule has 2 heterocycles. The predicted molar refractivity (Wildman–Crippen MR) is 65.5 cm³/mol. The average molecular weight is 236 g/mol. The highest BCUT2D eigenvalue weighted by Crippen LogP contribution is 2.22. The highest BCUT2D eigenvalue weighted by Gasteiger charge is 2.38. The van der Waals surface area contributed by atoms with E-state index >= 15 is 0 Å². The Balaban J connectivity index is 1.80. The van der Waals surface area contributed by atoms with Crippen LogP contribution >= 0.6 is 0 Å². The molecule has 0 bridgehead atoms. The summed E-state index contributed by atoms with van der Waals surface area (Å²) < 4.78 is 1.82. The van der Waals surface area contributed by atoms with Crippen LogP contribution in [0.15, 0.2) is 18.5 Å². The largest absolute Gasteiger partial charge is 0.353 e. The van der Waals surface area contributed by atoms with Crippen molar-refractivity contribution in [1.82, 2.24) is 20.4 Å². The maximum atomic E-state index is 12.1. The fourth-order valence-corrected chi connectivity index (χ4v) is 2.35. The van der Waals surface area contributed by atoms with Gasteiger partial charge in [0.1, 0.15) is 0 Å². The van der Waals surface area contributed by atoms with Crippen LogP contribution in [0.2, 0.25) is 0 Å². The van der Waals surface area contributed by atoms with Crippen molar-refractivity contribution < 1.29 is 4.79 Å². The summed E-state index contributed by atoms with van der Waals surface area (Å²) in [7, 11) is 0. The van der Waals surface area contributed by atoms with E-state index in [4.69, 9.17) is 0 Å². The van der Waals surface area contributed by atoms with Gasteiger partial charge in [-0.3, -0.25) is 9.48 Å². The smallest absolute Gasteiger partial charge is 0.240 e. The van der Waals surface area contributed by atoms with E-state index in [2.05, 4.69) is 22.7 Å². The van der Waals surface area contributed by atoms with E-state index in [1.165, 1.54) is 0 Å². The third kappa shape index (κ3) is 2.66. The number of carbonyl (C=O) groups is 1. The van der Waals surface area contributed by atoms with Crippen molar-refractivity contribution in [3.63, 3.8) is 0 Å². The second-order valence-electron chi connectivity index (χ2n) is 4.49. The maximum Gasteiger partial charge on any atom is 0.240 e. The third-order valence-electron chi connectivity index (χ3n) is 3.47. The molecule has 1 fully saturated rings. The van der Waals surface area contributed by atoms with Gasteiger partial charge >= 0.3 is 0 Å². The summed E-state index contributed by atoms with van der Waals surface area (Å²) in [5.74, 6) is 0.129. The third-order valence-corrected chi connectivity index (χ3v) is 3.47. The lowest BCUT2D eigenvalue weighted by atomic mass is 9.93. The van der Waals surface area contributed by atoms with Gasteiger partial charge in [0.05, 0.1) is 12.1 Å². The van der Waals surface area contributed by atoms with Crippen LogP contribution < -0.4 is 10.6 Å². The summed E-state index contributed by atoms with van der Waals surface area (Å²) in [5, 5.41) is 10.4. The Kier molecular flexibility index (Phi) is 3.78. The van der Waals surface area contributed by atoms with Crippen LogP contribution in [0.5, 0.6) is 0 Å². The van der Waals surface area contributed by atoms with Crippen LogP contribution in [0.3, 0.4) is 0 Å². The van der Waals surface area contributed by atoms with Crippen LogP contribution in [0, 0.1) is 0 Å². The molecule has 0 aromatic carbocycles. The quantitative estimate of drug-likeness (QED) is 0.784. The van der Waals surface area contributed by atoms with E-state index in [9.17, 15) is 4.79 Å². The summed E-state index contributed by atoms with van der Waals surface area (Å²) in [6.07, 6.45) is 6.52. The van der Waals surface area contributed by atoms with Gasteiger partial charge in [-0.1, -0.05) is 6.92 Å². The van der Waals surface area contributed by atoms with Crippen LogP contribution in [0.1, 0.15) is 26.2 Å². The van der Waals surface area contributed by atoms with Crippen molar-refractivity contribution in [1.29, 1.82) is 0 Å². The Morgan fingerprint density at radius 3 is 3.12 bits per heavy atom. The van der Waals surface area contributed by atoms with Crippen LogP contribution in [-0.2, 0) is 11.3 Å². The lowest BCUT2D eigenvalue weighted by Gasteiger charge is -2.26. The summed E-state index contributed by atoms with van der Waals surface area (Å²) in [5.41, 5.74) is -0.329. The summed E-state index contributed by atoms with van der Waals surface area (Å²) >= 11 is 0. The predicted octanol–water partition coefficient (Wildman–Crippen LogP) is 0.531. The zero-order chi connectivity index (χ0) is 12.1. The number of rotatable bonds is 5. The molecule has 0 radical (unpaired) electrons. The molecule has 2 N–H and O–H groups in total. The number of hydrogen-bond acceptors (Lipinski definition) is 3. The average Bonchev–Trinajstić information content (AvgIpc) is 3.00. The van der Waals surface area contributed by atoms with Crippen molar-refractivity contribution in [2.75, 3.05) is 13.1 Å². The summed E-state index contributed by atoms with van der Waals surface area (Å²) in [6.45, 7) is 4.36. The monoisotopic (exact) mass is 236 g/mol. The topological polar surface area (TPSA) is 59.0 Å². The lowest BCUT2D eigenvalue weighted by Crippen LogP contribution is -2.53. The highest BCUT2D eigenvalue weighted by molar-refractivity contribution is 5.86. The van der Waals surface area contributed by atoms with E-state index in [0.717, 1.165) is 32.4 Å². The maximum absolute atomic E-state index is 12.1. The molecule has 2 rings (SSSR count). The Morgan fingerprint density at radius 2 is 2.53 bits per heavy atom. The molecular formula is C12H20N4O. The number of aromatic nitrogens is 2. The minimum Gasteiger partial charge on any atom is -0.353 e. The molecule has 0 aliphatic carbocycles. The summed E-state index contributed by atoms with van der Waals surface area (Å²) in [4.78, 5) is 12.1. The van der Waals surface area contributed by atoms with Crippen molar-refractivity contribution in [3.05, 3.63) is 18.5 Å². The van der Waals surface area contributed by atoms with Crippen LogP contribution in [0.25, 0.3) is 0 Å². The number of hydrogen-bond donors (Lipinski definition) is 2. The molecule has 1 aromatic rings. The summed E-state index contributed by atoms with van der Waals surface area (Å²) in [6, 6.07) is 1.88. The number of nitrogens with one attached hydrogen (secondary N) is 2. The van der Waals surface area contributed by atoms with Gasteiger partial charge in [0, 0.05) is 18.9 Å². The molecule has 1 saturated heterocycles. The van der Waals surface area contributed by atoms with Gasteiger partial charge in [0.25, 0.3) is 0 Å². The highest BCUT2D eigenvalue weighted by atomic mass is 16.2. The van der Waals surface area contributed by atoms with Crippen LogP contribution in [-0.4, -0.2) is 34.3 Å². The molecule has 1 aliphatic rings. The second-order valence-corrected chi connectivity index (χ2v) is 4.49. The Morgan fingerprint density at radius 1 is 1.65 bits per heavy atom. The van der Waals surface area contributed by atoms with Gasteiger partial charge in [-0.2, -0.15) is 5.10 Å². The van der Waals surface area contributed by atoms with Crippen molar-refractivity contribution in [2.45, 2.75) is 38.3 Å². The first-order valence-corrected chi connectivity index (χ1v) is 6.27. The SMILES string of the molecule is CCC1(C(=O)NCCn2cccn2)CCCN1. The lowest BCUT2D eigenvalue weighted by molar-refractivity contribution is -0.127. The van der Waals surface area contributed by atoms with Gasteiger partial charge in [-0.15, -0.1) is 0 Å². The van der Waals surface area contributed by atoms with E-state index in [-0.39, 0.29) is 11.4 Å². The van der Waals surface area contributed by atoms with Crippen molar-refractivity contribution in [3.8, 4) is 0 Å². The second kappa shape index (κ2) is 5.31. The Labute approximate surface area is 102 Å². The normalized spacial score (nSPS) is 23.8. The number of amides is 1. The van der Waals surface area contributed by atoms with Crippen molar-refractivity contribution in [2.24, 2.45) is 0 Å². The van der Waals surface area contributed by atoms with Gasteiger partial charge in [0.15, 0.2) is 0 Å². The van der Waals surface area contributed by atoms with Gasteiger partial charge in [-0.05, 0) is 31.9 Å². The molecule has 0 saturated carbocycles. The van der Waals surface area contributed by atoms with Crippen LogP contribution in [0.4, 0.5) is 0 Å². The Bertz CT molecular complexity index is 355. The molecule has 1 amide bonds. The fourth-order valence-electron chi connectivity index (χ4n) is 2.35. The molecule has 1 aromatic heterocycles. The molecule has 1 unspecified atom stereocenters. The molecule has 94 valence electrons. The number of carbonyl (C=O) groups excluding carboxylic acids is 1. The van der Waals surface area contributed by atoms with E-state index in [1.54, 1.807) is 6.20 Å². The first-order valence-electron chi connectivity index (χ1n) is 6.27. The molecule has 1 aliphatic heterocycles. The molecule has 17 heavy (non-hydrogen) atoms. The molecule has 5 heteroatoms. The van der Waals surface area contributed by atoms with Crippen molar-refractivity contribution >= 4 is 5.91 Å². The van der Waals surface area contributed by atoms with Gasteiger partial charge in [0.2, 0.25) is 5.91 Å². The van der Waals surface area contributed by atoms with E-state index in [1.807, 2.05) is 16.9 Å².